The van der Waals surface area contributed by atoms with Crippen LogP contribution in [0, 0.1) is 11.8 Å². The van der Waals surface area contributed by atoms with Crippen molar-refractivity contribution in [2.24, 2.45) is 7.05 Å². The molecule has 63 heavy (non-hydrogen) atoms. The largest absolute Gasteiger partial charge is 0.450 e. The highest BCUT2D eigenvalue weighted by Crippen LogP contribution is 2.31. The van der Waals surface area contributed by atoms with Gasteiger partial charge in [-0.05, 0) is 66.3 Å². The molecule has 5 amide bonds. The molecule has 2 aliphatic rings. The summed E-state index contributed by atoms with van der Waals surface area (Å²) in [5.74, 6) is 5.24. The van der Waals surface area contributed by atoms with E-state index < -0.39 is 11.9 Å². The van der Waals surface area contributed by atoms with Gasteiger partial charge < -0.3 is 29.0 Å². The summed E-state index contributed by atoms with van der Waals surface area (Å²) >= 11 is 0. The second-order valence-electron chi connectivity index (χ2n) is 15.6. The molecule has 330 valence electrons. The summed E-state index contributed by atoms with van der Waals surface area (Å²) in [5, 5.41) is 13.6. The maximum absolute atomic E-state index is 13.1. The first-order valence-corrected chi connectivity index (χ1v) is 21.0. The van der Waals surface area contributed by atoms with Crippen LogP contribution < -0.4 is 16.3 Å². The lowest BCUT2D eigenvalue weighted by atomic mass is 9.97. The third-order valence-corrected chi connectivity index (χ3v) is 11.0. The number of furan rings is 1. The molecule has 18 heteroatoms. The molecule has 18 nitrogen and oxygen atoms in total. The Labute approximate surface area is 363 Å². The van der Waals surface area contributed by atoms with Gasteiger partial charge in [0.25, 0.3) is 5.91 Å². The van der Waals surface area contributed by atoms with Crippen molar-refractivity contribution in [1.82, 2.24) is 44.6 Å². The molecule has 0 saturated carbocycles. The van der Waals surface area contributed by atoms with Gasteiger partial charge in [0.05, 0.1) is 55.8 Å². The molecule has 1 fully saturated rings. The SMILES string of the molecule is CN(C)C(=O)c1cc2cc(C3=CCCN(C(=O)CCn4ccnn4)C3)cc(C#CCCC(=O)NCCOCCOCCc3ccc4c(c3)n(C)c(=O)n4C3CCC(=O)NC3=O)c2o1. The lowest BCUT2D eigenvalue weighted by Crippen LogP contribution is -2.44. The topological polar surface area (TPSA) is 205 Å². The maximum Gasteiger partial charge on any atom is 0.329 e. The van der Waals surface area contributed by atoms with Gasteiger partial charge in [-0.25, -0.2) is 4.79 Å². The summed E-state index contributed by atoms with van der Waals surface area (Å²) in [6, 6.07) is 10.5. The lowest BCUT2D eigenvalue weighted by molar-refractivity contribution is -0.136. The predicted molar refractivity (Wildman–Crippen MR) is 231 cm³/mol. The fourth-order valence-electron chi connectivity index (χ4n) is 7.63. The molecule has 0 aliphatic carbocycles. The minimum absolute atomic E-state index is 0.0245. The fraction of sp³-hybridized carbons (Fsp3) is 0.422. The Morgan fingerprint density at radius 2 is 1.84 bits per heavy atom. The van der Waals surface area contributed by atoms with Gasteiger partial charge in [0.15, 0.2) is 11.3 Å². The molecule has 5 heterocycles. The van der Waals surface area contributed by atoms with Crippen LogP contribution in [-0.4, -0.2) is 124 Å². The number of nitrogens with zero attached hydrogens (tertiary/aromatic N) is 7. The molecule has 7 rings (SSSR count). The number of imidazole rings is 1. The van der Waals surface area contributed by atoms with E-state index in [2.05, 4.69) is 38.9 Å². The zero-order valence-electron chi connectivity index (χ0n) is 35.7. The second kappa shape index (κ2) is 20.4. The van der Waals surface area contributed by atoms with E-state index in [-0.39, 0.29) is 54.3 Å². The van der Waals surface area contributed by atoms with Crippen LogP contribution >= 0.6 is 0 Å². The zero-order chi connectivity index (χ0) is 44.5. The average Bonchev–Trinajstić information content (AvgIpc) is 4.02. The Balaban J connectivity index is 0.843. The normalized spacial score (nSPS) is 15.3. The average molecular weight is 862 g/mol. The molecular formula is C45H51N9O9. The number of aromatic nitrogens is 5. The van der Waals surface area contributed by atoms with Crippen LogP contribution in [0.15, 0.2) is 64.1 Å². The van der Waals surface area contributed by atoms with E-state index >= 15 is 0 Å². The summed E-state index contributed by atoms with van der Waals surface area (Å²) in [7, 11) is 4.97. The second-order valence-corrected chi connectivity index (χ2v) is 15.6. The van der Waals surface area contributed by atoms with Gasteiger partial charge in [-0.3, -0.25) is 43.1 Å². The van der Waals surface area contributed by atoms with Gasteiger partial charge in [-0.2, -0.15) is 0 Å². The highest BCUT2D eigenvalue weighted by atomic mass is 16.5. The summed E-state index contributed by atoms with van der Waals surface area (Å²) in [4.78, 5) is 78.8. The summed E-state index contributed by atoms with van der Waals surface area (Å²) < 4.78 is 22.0. The number of nitrogens with one attached hydrogen (secondary N) is 2. The minimum atomic E-state index is -0.731. The standard InChI is InChI=1S/C45H51N9O9/c1-50(2)44(59)38-28-34-27-33(32-8-6-18-52(29-32)41(57)14-19-53-20-16-47-49-53)26-31(42(34)63-38)7-4-5-9-39(55)46-17-22-62-24-23-61-21-15-30-10-11-35-37(25-30)51(3)45(60)54(35)36-12-13-40(56)48-43(36)58/h8,10-11,16,20,25-28,36H,5-6,9,12-15,17-19,21-24,29H2,1-3H3,(H,46,55)(H,48,56,58). The number of ether oxygens (including phenoxy) is 2. The zero-order valence-corrected chi connectivity index (χ0v) is 35.7. The van der Waals surface area contributed by atoms with Gasteiger partial charge in [0.2, 0.25) is 23.6 Å². The number of rotatable bonds is 17. The van der Waals surface area contributed by atoms with E-state index in [1.807, 2.05) is 35.2 Å². The highest BCUT2D eigenvalue weighted by Gasteiger charge is 2.31. The van der Waals surface area contributed by atoms with E-state index in [1.165, 1.54) is 14.0 Å². The molecule has 1 unspecified atom stereocenters. The van der Waals surface area contributed by atoms with Crippen molar-refractivity contribution in [2.75, 3.05) is 60.2 Å². The van der Waals surface area contributed by atoms with Crippen molar-refractivity contribution >= 4 is 57.1 Å². The van der Waals surface area contributed by atoms with Gasteiger partial charge >= 0.3 is 5.69 Å². The van der Waals surface area contributed by atoms with Crippen molar-refractivity contribution in [3.05, 3.63) is 87.8 Å². The van der Waals surface area contributed by atoms with Crippen LogP contribution in [-0.2, 0) is 48.7 Å². The molecule has 2 N–H and O–H groups in total. The van der Waals surface area contributed by atoms with E-state index in [0.29, 0.717) is 106 Å². The Morgan fingerprint density at radius 3 is 2.62 bits per heavy atom. The smallest absolute Gasteiger partial charge is 0.329 e. The van der Waals surface area contributed by atoms with E-state index in [9.17, 15) is 28.8 Å². The van der Waals surface area contributed by atoms with Crippen LogP contribution in [0.25, 0.3) is 27.6 Å². The summed E-state index contributed by atoms with van der Waals surface area (Å²) in [5.41, 5.74) is 4.90. The number of benzene rings is 2. The van der Waals surface area contributed by atoms with Crippen molar-refractivity contribution in [3.63, 3.8) is 0 Å². The van der Waals surface area contributed by atoms with Crippen LogP contribution in [0.2, 0.25) is 0 Å². The van der Waals surface area contributed by atoms with E-state index in [0.717, 1.165) is 16.7 Å². The summed E-state index contributed by atoms with van der Waals surface area (Å²) in [6.45, 7) is 3.29. The monoisotopic (exact) mass is 861 g/mol. The number of aryl methyl sites for hydroxylation is 2. The third-order valence-electron chi connectivity index (χ3n) is 11.0. The van der Waals surface area contributed by atoms with Crippen molar-refractivity contribution < 1.29 is 37.9 Å². The highest BCUT2D eigenvalue weighted by molar-refractivity contribution is 6.00. The van der Waals surface area contributed by atoms with Gasteiger partial charge in [-0.15, -0.1) is 5.10 Å². The predicted octanol–water partition coefficient (Wildman–Crippen LogP) is 2.59. The quantitative estimate of drug-likeness (QED) is 0.0790. The number of carbonyl (C=O) groups excluding carboxylic acids is 5. The first-order chi connectivity index (χ1) is 30.5. The van der Waals surface area contributed by atoms with Gasteiger partial charge in [0, 0.05) is 78.0 Å². The molecule has 2 aromatic carbocycles. The van der Waals surface area contributed by atoms with Crippen molar-refractivity contribution in [3.8, 4) is 11.8 Å². The lowest BCUT2D eigenvalue weighted by Gasteiger charge is -2.28. The molecule has 0 spiro atoms. The van der Waals surface area contributed by atoms with Gasteiger partial charge in [-0.1, -0.05) is 29.2 Å². The van der Waals surface area contributed by atoms with E-state index in [4.69, 9.17) is 13.9 Å². The first-order valence-electron chi connectivity index (χ1n) is 21.0. The number of hydrogen-bond acceptors (Lipinski definition) is 11. The fourth-order valence-corrected chi connectivity index (χ4v) is 7.63. The molecular weight excluding hydrogens is 811 g/mol. The molecule has 3 aromatic heterocycles. The van der Waals surface area contributed by atoms with Crippen LogP contribution in [0.4, 0.5) is 0 Å². The molecule has 0 bridgehead atoms. The number of imide groups is 1. The van der Waals surface area contributed by atoms with E-state index in [1.54, 1.807) is 44.3 Å². The number of piperidine rings is 1. The van der Waals surface area contributed by atoms with Crippen molar-refractivity contribution in [2.45, 2.75) is 57.5 Å². The summed E-state index contributed by atoms with van der Waals surface area (Å²) in [6.07, 6.45) is 7.98. The maximum atomic E-state index is 13.1. The van der Waals surface area contributed by atoms with Crippen LogP contribution in [0.5, 0.6) is 0 Å². The number of amides is 5. The Hall–Kier alpha value is -6.84. The van der Waals surface area contributed by atoms with Crippen molar-refractivity contribution in [1.29, 1.82) is 0 Å². The Bertz CT molecular complexity index is 2660. The van der Waals surface area contributed by atoms with Gasteiger partial charge in [0.1, 0.15) is 6.04 Å². The molecule has 0 radical (unpaired) electrons. The number of hydrogen-bond donors (Lipinski definition) is 2. The molecule has 1 atom stereocenters. The molecule has 1 saturated heterocycles. The molecule has 2 aliphatic heterocycles. The number of carbonyl (C=O) groups is 5. The first kappa shape index (κ1) is 44.2. The third kappa shape index (κ3) is 10.8. The minimum Gasteiger partial charge on any atom is -0.450 e. The van der Waals surface area contributed by atoms with Crippen LogP contribution in [0.1, 0.15) is 71.8 Å². The Kier molecular flexibility index (Phi) is 14.3. The number of fused-ring (bicyclic) bond motifs is 2. The molecule has 5 aromatic rings. The Morgan fingerprint density at radius 1 is 1.02 bits per heavy atom. The van der Waals surface area contributed by atoms with Crippen LogP contribution in [0.3, 0.4) is 0 Å².